The number of furan rings is 1. The van der Waals surface area contributed by atoms with E-state index in [1.165, 1.54) is 42.3 Å². The van der Waals surface area contributed by atoms with E-state index in [9.17, 15) is 19.7 Å². The lowest BCUT2D eigenvalue weighted by molar-refractivity contribution is -0.386. The lowest BCUT2D eigenvalue weighted by Crippen LogP contribution is -2.14. The first-order valence-corrected chi connectivity index (χ1v) is 8.68. The Morgan fingerprint density at radius 2 is 2.07 bits per heavy atom. The maximum atomic E-state index is 12.4. The van der Waals surface area contributed by atoms with Gasteiger partial charge < -0.3 is 19.2 Å². The predicted molar refractivity (Wildman–Crippen MR) is 103 cm³/mol. The van der Waals surface area contributed by atoms with Crippen molar-refractivity contribution in [3.63, 3.8) is 0 Å². The van der Waals surface area contributed by atoms with Gasteiger partial charge in [0.25, 0.3) is 5.91 Å². The van der Waals surface area contributed by atoms with E-state index in [0.717, 1.165) is 5.56 Å². The number of amides is 1. The van der Waals surface area contributed by atoms with Crippen LogP contribution in [0.3, 0.4) is 0 Å². The van der Waals surface area contributed by atoms with E-state index in [2.05, 4.69) is 15.2 Å². The van der Waals surface area contributed by atoms with Gasteiger partial charge in [0.2, 0.25) is 0 Å². The van der Waals surface area contributed by atoms with Gasteiger partial charge in [-0.3, -0.25) is 19.6 Å². The Bertz CT molecular complexity index is 1120. The number of benzene rings is 1. The summed E-state index contributed by atoms with van der Waals surface area (Å²) in [6, 6.07) is 7.53. The maximum Gasteiger partial charge on any atom is 0.360 e. The van der Waals surface area contributed by atoms with Crippen molar-refractivity contribution >= 4 is 23.3 Å². The standard InChI is InChI=1S/C19H18N4O7/c1-11-4-6-15(14(8-11)23(26)27)29-10-12-5-7-16(30-12)18(24)20-13-9-22(2)21-17(13)19(25)28-3/h4-9H,10H2,1-3H3,(H,20,24). The van der Waals surface area contributed by atoms with E-state index in [1.807, 2.05) is 0 Å². The second-order valence-corrected chi connectivity index (χ2v) is 6.29. The van der Waals surface area contributed by atoms with Gasteiger partial charge in [0.15, 0.2) is 17.2 Å². The molecule has 0 fully saturated rings. The van der Waals surface area contributed by atoms with Crippen molar-refractivity contribution < 1.29 is 28.4 Å². The molecule has 0 unspecified atom stereocenters. The molecule has 0 saturated carbocycles. The van der Waals surface area contributed by atoms with Gasteiger partial charge in [0.1, 0.15) is 12.4 Å². The van der Waals surface area contributed by atoms with Crippen LogP contribution in [0.1, 0.15) is 32.4 Å². The molecule has 2 heterocycles. The molecule has 0 saturated heterocycles. The van der Waals surface area contributed by atoms with Crippen LogP contribution in [0.15, 0.2) is 40.9 Å². The van der Waals surface area contributed by atoms with Crippen molar-refractivity contribution in [3.05, 3.63) is 69.4 Å². The summed E-state index contributed by atoms with van der Waals surface area (Å²) in [7, 11) is 2.80. The molecular weight excluding hydrogens is 396 g/mol. The molecule has 3 rings (SSSR count). The van der Waals surface area contributed by atoms with E-state index in [0.29, 0.717) is 0 Å². The molecule has 0 spiro atoms. The van der Waals surface area contributed by atoms with Gasteiger partial charge in [-0.1, -0.05) is 6.07 Å². The van der Waals surface area contributed by atoms with Crippen LogP contribution in [0, 0.1) is 17.0 Å². The van der Waals surface area contributed by atoms with Crippen LogP contribution in [-0.2, 0) is 18.4 Å². The van der Waals surface area contributed by atoms with Gasteiger partial charge in [-0.2, -0.15) is 5.10 Å². The van der Waals surface area contributed by atoms with Crippen LogP contribution in [0.5, 0.6) is 5.75 Å². The molecule has 11 heteroatoms. The molecule has 1 N–H and O–H groups in total. The summed E-state index contributed by atoms with van der Waals surface area (Å²) in [5.74, 6) is -0.966. The Morgan fingerprint density at radius 1 is 1.30 bits per heavy atom. The normalized spacial score (nSPS) is 10.5. The Morgan fingerprint density at radius 3 is 2.77 bits per heavy atom. The number of nitrogens with zero attached hydrogens (tertiary/aromatic N) is 3. The average Bonchev–Trinajstić information content (AvgIpc) is 3.33. The molecule has 30 heavy (non-hydrogen) atoms. The number of hydrogen-bond donors (Lipinski definition) is 1. The summed E-state index contributed by atoms with van der Waals surface area (Å²) in [5.41, 5.74) is 0.688. The number of nitrogens with one attached hydrogen (secondary N) is 1. The Kier molecular flexibility index (Phi) is 5.81. The Balaban J connectivity index is 1.69. The van der Waals surface area contributed by atoms with Crippen LogP contribution >= 0.6 is 0 Å². The number of aryl methyl sites for hydroxylation is 2. The number of anilines is 1. The van der Waals surface area contributed by atoms with Gasteiger partial charge in [0, 0.05) is 19.3 Å². The SMILES string of the molecule is COC(=O)c1nn(C)cc1NC(=O)c1ccc(COc2ccc(C)cc2[N+](=O)[O-])o1. The van der Waals surface area contributed by atoms with Crippen molar-refractivity contribution in [2.45, 2.75) is 13.5 Å². The first kappa shape index (κ1) is 20.6. The quantitative estimate of drug-likeness (QED) is 0.354. The number of methoxy groups -OCH3 is 1. The molecule has 3 aromatic rings. The fourth-order valence-electron chi connectivity index (χ4n) is 2.63. The molecule has 0 atom stereocenters. The summed E-state index contributed by atoms with van der Waals surface area (Å²) in [6.07, 6.45) is 1.45. The van der Waals surface area contributed by atoms with E-state index in [4.69, 9.17) is 9.15 Å². The minimum atomic E-state index is -0.695. The largest absolute Gasteiger partial charge is 0.479 e. The van der Waals surface area contributed by atoms with Crippen LogP contribution in [-0.4, -0.2) is 33.7 Å². The van der Waals surface area contributed by atoms with Gasteiger partial charge in [-0.25, -0.2) is 4.79 Å². The zero-order valence-corrected chi connectivity index (χ0v) is 16.4. The monoisotopic (exact) mass is 414 g/mol. The molecule has 0 bridgehead atoms. The van der Waals surface area contributed by atoms with Crippen molar-refractivity contribution in [1.82, 2.24) is 9.78 Å². The number of hydrogen-bond acceptors (Lipinski definition) is 8. The molecule has 0 aliphatic carbocycles. The van der Waals surface area contributed by atoms with Gasteiger partial charge in [-0.05, 0) is 30.7 Å². The number of carbonyl (C=O) groups is 2. The summed E-state index contributed by atoms with van der Waals surface area (Å²) in [6.45, 7) is 1.62. The molecule has 2 aromatic heterocycles. The van der Waals surface area contributed by atoms with Crippen molar-refractivity contribution in [2.75, 3.05) is 12.4 Å². The van der Waals surface area contributed by atoms with E-state index in [-0.39, 0.29) is 40.9 Å². The number of nitro benzene ring substituents is 1. The van der Waals surface area contributed by atoms with Crippen molar-refractivity contribution in [3.8, 4) is 5.75 Å². The lowest BCUT2D eigenvalue weighted by atomic mass is 10.2. The molecule has 0 aliphatic rings. The van der Waals surface area contributed by atoms with Crippen molar-refractivity contribution in [1.29, 1.82) is 0 Å². The van der Waals surface area contributed by atoms with Crippen LogP contribution < -0.4 is 10.1 Å². The highest BCUT2D eigenvalue weighted by Crippen LogP contribution is 2.28. The minimum absolute atomic E-state index is 0.0355. The fourth-order valence-corrected chi connectivity index (χ4v) is 2.63. The summed E-state index contributed by atoms with van der Waals surface area (Å²) in [4.78, 5) is 34.8. The van der Waals surface area contributed by atoms with E-state index >= 15 is 0 Å². The summed E-state index contributed by atoms with van der Waals surface area (Å²) in [5, 5.41) is 17.6. The van der Waals surface area contributed by atoms with Crippen LogP contribution in [0.2, 0.25) is 0 Å². The summed E-state index contributed by atoms with van der Waals surface area (Å²) < 4.78 is 16.9. The first-order valence-electron chi connectivity index (χ1n) is 8.68. The number of rotatable bonds is 7. The molecule has 11 nitrogen and oxygen atoms in total. The third-order valence-corrected chi connectivity index (χ3v) is 4.02. The van der Waals surface area contributed by atoms with E-state index in [1.54, 1.807) is 20.0 Å². The number of aromatic nitrogens is 2. The Hall–Kier alpha value is -4.15. The van der Waals surface area contributed by atoms with Crippen molar-refractivity contribution in [2.24, 2.45) is 7.05 Å². The predicted octanol–water partition coefficient (Wildman–Crippen LogP) is 2.85. The first-order chi connectivity index (χ1) is 14.3. The smallest absolute Gasteiger partial charge is 0.360 e. The third-order valence-electron chi connectivity index (χ3n) is 4.02. The second-order valence-electron chi connectivity index (χ2n) is 6.29. The van der Waals surface area contributed by atoms with E-state index < -0.39 is 16.8 Å². The average molecular weight is 414 g/mol. The highest BCUT2D eigenvalue weighted by atomic mass is 16.6. The minimum Gasteiger partial charge on any atom is -0.479 e. The molecule has 1 amide bonds. The van der Waals surface area contributed by atoms with Gasteiger partial charge in [-0.15, -0.1) is 0 Å². The van der Waals surface area contributed by atoms with Crippen LogP contribution in [0.25, 0.3) is 0 Å². The lowest BCUT2D eigenvalue weighted by Gasteiger charge is -2.06. The highest BCUT2D eigenvalue weighted by molar-refractivity contribution is 6.05. The molecular formula is C19H18N4O7. The maximum absolute atomic E-state index is 12.4. The number of esters is 1. The van der Waals surface area contributed by atoms with Crippen LogP contribution in [0.4, 0.5) is 11.4 Å². The molecule has 1 aromatic carbocycles. The third kappa shape index (κ3) is 4.46. The number of ether oxygens (including phenoxy) is 2. The second kappa shape index (κ2) is 8.47. The Labute approximate surface area is 170 Å². The number of carbonyl (C=O) groups excluding carboxylic acids is 2. The zero-order chi connectivity index (χ0) is 21.8. The van der Waals surface area contributed by atoms with Gasteiger partial charge >= 0.3 is 11.7 Å². The number of nitro groups is 1. The molecule has 0 aliphatic heterocycles. The summed E-state index contributed by atoms with van der Waals surface area (Å²) >= 11 is 0. The fraction of sp³-hybridized carbons (Fsp3) is 0.211. The zero-order valence-electron chi connectivity index (χ0n) is 16.4. The topological polar surface area (TPSA) is 139 Å². The molecule has 0 radical (unpaired) electrons. The molecule has 156 valence electrons. The van der Waals surface area contributed by atoms with Gasteiger partial charge in [0.05, 0.1) is 17.7 Å². The highest BCUT2D eigenvalue weighted by Gasteiger charge is 2.21.